The maximum Gasteiger partial charge on any atom is 0.307 e. The molecule has 72 valence electrons. The number of carbonyl (C=O) groups is 1. The molecule has 1 aromatic rings. The number of hydrogen-bond donors (Lipinski definition) is 1. The number of nitrogens with zero attached hydrogens (tertiary/aromatic N) is 2. The van der Waals surface area contributed by atoms with E-state index in [1.165, 1.54) is 0 Å². The minimum Gasteiger partial charge on any atom is -0.466 e. The monoisotopic (exact) mass is 201 g/mol. The molecule has 5 nitrogen and oxygen atoms in total. The molecular weight excluding hydrogens is 190 g/mol. The summed E-state index contributed by atoms with van der Waals surface area (Å²) in [6, 6.07) is 0. The Hall–Kier alpha value is -1.17. The zero-order chi connectivity index (χ0) is 9.68. The highest BCUT2D eigenvalue weighted by molar-refractivity contribution is 7.71. The van der Waals surface area contributed by atoms with Crippen LogP contribution in [0.5, 0.6) is 0 Å². The average Bonchev–Trinajstić information content (AvgIpc) is 2.48. The molecule has 0 spiro atoms. The van der Waals surface area contributed by atoms with Gasteiger partial charge in [0.15, 0.2) is 4.77 Å². The van der Waals surface area contributed by atoms with Gasteiger partial charge in [-0.2, -0.15) is 5.10 Å². The van der Waals surface area contributed by atoms with E-state index < -0.39 is 0 Å². The SMILES string of the molecule is CCOC(=O)CCn1cn[nH]c1=S. The lowest BCUT2D eigenvalue weighted by Crippen LogP contribution is -2.08. The Bertz CT molecular complexity index is 330. The van der Waals surface area contributed by atoms with Crippen molar-refractivity contribution in [1.29, 1.82) is 0 Å². The van der Waals surface area contributed by atoms with Crippen LogP contribution in [0.3, 0.4) is 0 Å². The van der Waals surface area contributed by atoms with Gasteiger partial charge in [0.2, 0.25) is 0 Å². The van der Waals surface area contributed by atoms with E-state index in [0.29, 0.717) is 24.3 Å². The lowest BCUT2D eigenvalue weighted by atomic mass is 10.4. The molecule has 1 N–H and O–H groups in total. The van der Waals surface area contributed by atoms with E-state index >= 15 is 0 Å². The lowest BCUT2D eigenvalue weighted by Gasteiger charge is -2.01. The molecule has 0 saturated heterocycles. The number of carbonyl (C=O) groups excluding carboxylic acids is 1. The second kappa shape index (κ2) is 4.76. The van der Waals surface area contributed by atoms with Gasteiger partial charge in [0, 0.05) is 6.54 Å². The predicted octanol–water partition coefficient (Wildman–Crippen LogP) is 0.894. The van der Waals surface area contributed by atoms with Gasteiger partial charge in [-0.05, 0) is 19.1 Å². The summed E-state index contributed by atoms with van der Waals surface area (Å²) in [7, 11) is 0. The minimum absolute atomic E-state index is 0.217. The summed E-state index contributed by atoms with van der Waals surface area (Å²) in [5, 5.41) is 6.33. The van der Waals surface area contributed by atoms with Crippen molar-refractivity contribution < 1.29 is 9.53 Å². The van der Waals surface area contributed by atoms with Crippen molar-refractivity contribution in [3.8, 4) is 0 Å². The van der Waals surface area contributed by atoms with E-state index in [4.69, 9.17) is 17.0 Å². The molecule has 0 saturated carbocycles. The first-order valence-corrected chi connectivity index (χ1v) is 4.40. The number of H-pyrrole nitrogens is 1. The minimum atomic E-state index is -0.217. The number of nitrogens with one attached hydrogen (secondary N) is 1. The normalized spacial score (nSPS) is 9.92. The molecule has 0 amide bonds. The molecule has 0 atom stereocenters. The van der Waals surface area contributed by atoms with E-state index in [-0.39, 0.29) is 5.97 Å². The third-order valence-electron chi connectivity index (χ3n) is 1.48. The Morgan fingerprint density at radius 2 is 2.62 bits per heavy atom. The van der Waals surface area contributed by atoms with Crippen LogP contribution >= 0.6 is 12.2 Å². The molecule has 0 aliphatic heterocycles. The van der Waals surface area contributed by atoms with E-state index in [9.17, 15) is 4.79 Å². The van der Waals surface area contributed by atoms with Crippen LogP contribution < -0.4 is 0 Å². The van der Waals surface area contributed by atoms with Gasteiger partial charge in [0.1, 0.15) is 6.33 Å². The molecule has 13 heavy (non-hydrogen) atoms. The average molecular weight is 201 g/mol. The number of hydrogen-bond acceptors (Lipinski definition) is 4. The summed E-state index contributed by atoms with van der Waals surface area (Å²) >= 11 is 4.89. The van der Waals surface area contributed by atoms with Crippen molar-refractivity contribution in [3.05, 3.63) is 11.1 Å². The van der Waals surface area contributed by atoms with Gasteiger partial charge in [-0.1, -0.05) is 0 Å². The van der Waals surface area contributed by atoms with Gasteiger partial charge in [0.25, 0.3) is 0 Å². The molecule has 0 bridgehead atoms. The Morgan fingerprint density at radius 1 is 1.85 bits per heavy atom. The fourth-order valence-electron chi connectivity index (χ4n) is 0.875. The zero-order valence-corrected chi connectivity index (χ0v) is 8.13. The van der Waals surface area contributed by atoms with E-state index in [1.54, 1.807) is 17.8 Å². The maximum absolute atomic E-state index is 10.9. The quantitative estimate of drug-likeness (QED) is 0.580. The molecule has 0 unspecified atom stereocenters. The van der Waals surface area contributed by atoms with Crippen molar-refractivity contribution in [2.45, 2.75) is 19.9 Å². The maximum atomic E-state index is 10.9. The molecule has 6 heteroatoms. The second-order valence-electron chi connectivity index (χ2n) is 2.41. The zero-order valence-electron chi connectivity index (χ0n) is 7.32. The van der Waals surface area contributed by atoms with Crippen molar-refractivity contribution in [2.75, 3.05) is 6.61 Å². The van der Waals surface area contributed by atoms with Gasteiger partial charge in [0.05, 0.1) is 13.0 Å². The van der Waals surface area contributed by atoms with Gasteiger partial charge in [-0.25, -0.2) is 0 Å². The third-order valence-corrected chi connectivity index (χ3v) is 1.81. The summed E-state index contributed by atoms with van der Waals surface area (Å²) < 4.78 is 6.97. The molecule has 0 aliphatic carbocycles. The first-order chi connectivity index (χ1) is 6.24. The summed E-state index contributed by atoms with van der Waals surface area (Å²) in [5.74, 6) is -0.217. The molecule has 1 rings (SSSR count). The van der Waals surface area contributed by atoms with Crippen LogP contribution in [0.4, 0.5) is 0 Å². The first-order valence-electron chi connectivity index (χ1n) is 3.99. The number of aromatic amines is 1. The molecule has 0 fully saturated rings. The van der Waals surface area contributed by atoms with Crippen molar-refractivity contribution in [1.82, 2.24) is 14.8 Å². The van der Waals surface area contributed by atoms with Crippen LogP contribution in [-0.2, 0) is 16.1 Å². The van der Waals surface area contributed by atoms with Crippen LogP contribution in [-0.4, -0.2) is 27.3 Å². The Balaban J connectivity index is 2.39. The molecule has 0 radical (unpaired) electrons. The second-order valence-corrected chi connectivity index (χ2v) is 2.80. The molecule has 1 aromatic heterocycles. The molecule has 1 heterocycles. The van der Waals surface area contributed by atoms with Crippen LogP contribution in [0.2, 0.25) is 0 Å². The van der Waals surface area contributed by atoms with Gasteiger partial charge in [-0.15, -0.1) is 0 Å². The number of esters is 1. The Morgan fingerprint density at radius 3 is 3.15 bits per heavy atom. The van der Waals surface area contributed by atoms with Gasteiger partial charge < -0.3 is 9.30 Å². The number of ether oxygens (including phenoxy) is 1. The van der Waals surface area contributed by atoms with E-state index in [0.717, 1.165) is 0 Å². The number of aromatic nitrogens is 3. The smallest absolute Gasteiger partial charge is 0.307 e. The molecule has 0 aliphatic rings. The van der Waals surface area contributed by atoms with Crippen molar-refractivity contribution in [3.63, 3.8) is 0 Å². The van der Waals surface area contributed by atoms with Crippen molar-refractivity contribution in [2.24, 2.45) is 0 Å². The highest BCUT2D eigenvalue weighted by atomic mass is 32.1. The summed E-state index contributed by atoms with van der Waals surface area (Å²) in [6.45, 7) is 2.70. The standard InChI is InChI=1S/C7H11N3O2S/c1-2-12-6(11)3-4-10-5-8-9-7(10)13/h5H,2-4H2,1H3,(H,9,13). The summed E-state index contributed by atoms with van der Waals surface area (Å²) in [5.41, 5.74) is 0. The lowest BCUT2D eigenvalue weighted by molar-refractivity contribution is -0.143. The van der Waals surface area contributed by atoms with Crippen molar-refractivity contribution >= 4 is 18.2 Å². The van der Waals surface area contributed by atoms with Crippen LogP contribution in [0.15, 0.2) is 6.33 Å². The van der Waals surface area contributed by atoms with Crippen LogP contribution in [0.25, 0.3) is 0 Å². The largest absolute Gasteiger partial charge is 0.466 e. The summed E-state index contributed by atoms with van der Waals surface area (Å²) in [4.78, 5) is 10.9. The van der Waals surface area contributed by atoms with Gasteiger partial charge >= 0.3 is 5.97 Å². The Labute approximate surface area is 80.7 Å². The fourth-order valence-corrected chi connectivity index (χ4v) is 1.07. The van der Waals surface area contributed by atoms with Crippen LogP contribution in [0.1, 0.15) is 13.3 Å². The van der Waals surface area contributed by atoms with Crippen LogP contribution in [0, 0.1) is 4.77 Å². The van der Waals surface area contributed by atoms with E-state index in [2.05, 4.69) is 10.2 Å². The topological polar surface area (TPSA) is 59.9 Å². The third kappa shape index (κ3) is 2.98. The highest BCUT2D eigenvalue weighted by Gasteiger charge is 2.02. The predicted molar refractivity (Wildman–Crippen MR) is 48.7 cm³/mol. The fraction of sp³-hybridized carbons (Fsp3) is 0.571. The number of aryl methyl sites for hydroxylation is 1. The first kappa shape index (κ1) is 9.91. The van der Waals surface area contributed by atoms with E-state index in [1.807, 2.05) is 0 Å². The number of rotatable bonds is 4. The molecular formula is C7H11N3O2S. The Kier molecular flexibility index (Phi) is 3.63. The molecule has 0 aromatic carbocycles. The highest BCUT2D eigenvalue weighted by Crippen LogP contribution is 1.93. The van der Waals surface area contributed by atoms with Gasteiger partial charge in [-0.3, -0.25) is 9.89 Å². The summed E-state index contributed by atoms with van der Waals surface area (Å²) in [6.07, 6.45) is 1.88.